The minimum atomic E-state index is -3.44. The van der Waals surface area contributed by atoms with Crippen LogP contribution in [-0.2, 0) is 21.2 Å². The van der Waals surface area contributed by atoms with Gasteiger partial charge in [0.05, 0.1) is 0 Å². The van der Waals surface area contributed by atoms with Gasteiger partial charge in [0.1, 0.15) is 4.21 Å². The monoisotopic (exact) mass is 379 g/mol. The highest BCUT2D eigenvalue weighted by atomic mass is 32.2. The smallest absolute Gasteiger partial charge is 0.252 e. The molecule has 25 heavy (non-hydrogen) atoms. The van der Waals surface area contributed by atoms with Crippen molar-refractivity contribution in [3.8, 4) is 0 Å². The predicted molar refractivity (Wildman–Crippen MR) is 96.8 cm³/mol. The molecule has 0 atom stereocenters. The molecule has 2 aromatic rings. The summed E-state index contributed by atoms with van der Waals surface area (Å²) in [5.74, 6) is 0.0687. The topological polar surface area (TPSA) is 70.6 Å². The number of aryl methyl sites for hydroxylation is 1. The maximum atomic E-state index is 12.6. The minimum absolute atomic E-state index is 0.0687. The molecule has 1 aliphatic heterocycles. The highest BCUT2D eigenvalue weighted by Crippen LogP contribution is 2.22. The first-order valence-electron chi connectivity index (χ1n) is 8.28. The van der Waals surface area contributed by atoms with Crippen LogP contribution in [0.1, 0.15) is 18.4 Å². The molecule has 1 aliphatic rings. The van der Waals surface area contributed by atoms with Crippen molar-refractivity contribution < 1.29 is 13.2 Å². The largest absolute Gasteiger partial charge is 0.341 e. The summed E-state index contributed by atoms with van der Waals surface area (Å²) in [5, 5.41) is 1.76. The molecule has 0 unspecified atom stereocenters. The van der Waals surface area contributed by atoms with Crippen LogP contribution in [0.15, 0.2) is 46.2 Å². The lowest BCUT2D eigenvalue weighted by atomic mass is 10.1. The van der Waals surface area contributed by atoms with Gasteiger partial charge in [-0.1, -0.05) is 12.1 Å². The standard InChI is InChI=1S/C17H21N3O3S2/c21-16(7-6-15-4-1-8-18-14-15)19-9-3-10-20(12-11-19)25(22,23)17-5-2-13-24-17/h1-2,4-5,8,13-14H,3,6-7,9-12H2. The number of nitrogens with zero attached hydrogens (tertiary/aromatic N) is 3. The van der Waals surface area contributed by atoms with Crippen molar-refractivity contribution in [2.45, 2.75) is 23.5 Å². The van der Waals surface area contributed by atoms with Gasteiger partial charge in [-0.15, -0.1) is 11.3 Å². The molecule has 6 nitrogen and oxygen atoms in total. The summed E-state index contributed by atoms with van der Waals surface area (Å²) in [5.41, 5.74) is 1.03. The molecule has 1 saturated heterocycles. The Hall–Kier alpha value is -1.77. The quantitative estimate of drug-likeness (QED) is 0.797. The van der Waals surface area contributed by atoms with E-state index in [1.807, 2.05) is 12.1 Å². The van der Waals surface area contributed by atoms with Crippen LogP contribution in [0.4, 0.5) is 0 Å². The number of rotatable bonds is 5. The summed E-state index contributed by atoms with van der Waals surface area (Å²) in [4.78, 5) is 18.3. The molecule has 1 fully saturated rings. The van der Waals surface area contributed by atoms with E-state index in [2.05, 4.69) is 4.98 Å². The van der Waals surface area contributed by atoms with Crippen LogP contribution in [0.25, 0.3) is 0 Å². The summed E-state index contributed by atoms with van der Waals surface area (Å²) in [6.07, 6.45) is 5.21. The first-order valence-corrected chi connectivity index (χ1v) is 10.6. The van der Waals surface area contributed by atoms with E-state index in [0.717, 1.165) is 5.56 Å². The zero-order chi connectivity index (χ0) is 17.7. The Kier molecular flexibility index (Phi) is 5.82. The first kappa shape index (κ1) is 18.0. The molecule has 0 radical (unpaired) electrons. The molecule has 2 aromatic heterocycles. The highest BCUT2D eigenvalue weighted by molar-refractivity contribution is 7.91. The number of carbonyl (C=O) groups is 1. The third kappa shape index (κ3) is 4.45. The maximum absolute atomic E-state index is 12.6. The van der Waals surface area contributed by atoms with Gasteiger partial charge in [-0.25, -0.2) is 8.42 Å². The molecular formula is C17H21N3O3S2. The first-order chi connectivity index (χ1) is 12.1. The highest BCUT2D eigenvalue weighted by Gasteiger charge is 2.28. The Balaban J connectivity index is 1.57. The van der Waals surface area contributed by atoms with Crippen molar-refractivity contribution in [3.05, 3.63) is 47.6 Å². The predicted octanol–water partition coefficient (Wildman–Crippen LogP) is 2.00. The molecule has 0 aromatic carbocycles. The number of aromatic nitrogens is 1. The number of sulfonamides is 1. The summed E-state index contributed by atoms with van der Waals surface area (Å²) in [6, 6.07) is 7.18. The minimum Gasteiger partial charge on any atom is -0.341 e. The summed E-state index contributed by atoms with van der Waals surface area (Å²) >= 11 is 1.23. The van der Waals surface area contributed by atoms with E-state index in [1.165, 1.54) is 15.6 Å². The second-order valence-electron chi connectivity index (χ2n) is 5.93. The maximum Gasteiger partial charge on any atom is 0.252 e. The Morgan fingerprint density at radius 3 is 2.76 bits per heavy atom. The van der Waals surface area contributed by atoms with Gasteiger partial charge in [0.25, 0.3) is 10.0 Å². The average molecular weight is 380 g/mol. The van der Waals surface area contributed by atoms with Crippen LogP contribution in [0.5, 0.6) is 0 Å². The Labute approximate surface area is 152 Å². The van der Waals surface area contributed by atoms with Gasteiger partial charge in [-0.2, -0.15) is 4.31 Å². The van der Waals surface area contributed by atoms with E-state index in [4.69, 9.17) is 0 Å². The molecule has 3 rings (SSSR count). The average Bonchev–Trinajstić information content (AvgIpc) is 3.06. The number of carbonyl (C=O) groups excluding carboxylic acids is 1. The molecule has 0 spiro atoms. The van der Waals surface area contributed by atoms with Gasteiger partial charge in [0.2, 0.25) is 5.91 Å². The van der Waals surface area contributed by atoms with Crippen LogP contribution < -0.4 is 0 Å². The molecule has 0 bridgehead atoms. The lowest BCUT2D eigenvalue weighted by molar-refractivity contribution is -0.131. The van der Waals surface area contributed by atoms with Crippen LogP contribution in [0.3, 0.4) is 0 Å². The second kappa shape index (κ2) is 8.07. The number of pyridine rings is 1. The number of thiophene rings is 1. The lowest BCUT2D eigenvalue weighted by Gasteiger charge is -2.21. The van der Waals surface area contributed by atoms with Crippen molar-refractivity contribution in [3.63, 3.8) is 0 Å². The Morgan fingerprint density at radius 2 is 2.04 bits per heavy atom. The van der Waals surface area contributed by atoms with E-state index < -0.39 is 10.0 Å². The molecule has 8 heteroatoms. The number of hydrogen-bond donors (Lipinski definition) is 0. The Bertz CT molecular complexity index is 792. The molecule has 0 aliphatic carbocycles. The normalized spacial score (nSPS) is 16.6. The number of amides is 1. The van der Waals surface area contributed by atoms with Crippen molar-refractivity contribution in [1.82, 2.24) is 14.2 Å². The van der Waals surface area contributed by atoms with E-state index in [-0.39, 0.29) is 5.91 Å². The van der Waals surface area contributed by atoms with Crippen LogP contribution in [0, 0.1) is 0 Å². The van der Waals surface area contributed by atoms with Crippen molar-refractivity contribution in [1.29, 1.82) is 0 Å². The van der Waals surface area contributed by atoms with Gasteiger partial charge in [-0.05, 0) is 35.9 Å². The SMILES string of the molecule is O=C(CCc1cccnc1)N1CCCN(S(=O)(=O)c2cccs2)CC1. The summed E-state index contributed by atoms with van der Waals surface area (Å²) < 4.78 is 27.1. The molecular weight excluding hydrogens is 358 g/mol. The fourth-order valence-electron chi connectivity index (χ4n) is 2.88. The van der Waals surface area contributed by atoms with Crippen LogP contribution >= 0.6 is 11.3 Å². The van der Waals surface area contributed by atoms with Gasteiger partial charge in [0, 0.05) is 45.0 Å². The van der Waals surface area contributed by atoms with E-state index in [9.17, 15) is 13.2 Å². The third-order valence-electron chi connectivity index (χ3n) is 4.25. The Morgan fingerprint density at radius 1 is 1.16 bits per heavy atom. The second-order valence-corrected chi connectivity index (χ2v) is 9.04. The summed E-state index contributed by atoms with van der Waals surface area (Å²) in [6.45, 7) is 1.84. The van der Waals surface area contributed by atoms with Gasteiger partial charge in [0.15, 0.2) is 0 Å². The van der Waals surface area contributed by atoms with Gasteiger partial charge < -0.3 is 4.90 Å². The lowest BCUT2D eigenvalue weighted by Crippen LogP contribution is -2.37. The van der Waals surface area contributed by atoms with Gasteiger partial charge in [-0.3, -0.25) is 9.78 Å². The molecule has 0 saturated carbocycles. The van der Waals surface area contributed by atoms with Crippen LogP contribution in [0.2, 0.25) is 0 Å². The van der Waals surface area contributed by atoms with E-state index in [1.54, 1.807) is 34.8 Å². The van der Waals surface area contributed by atoms with Crippen molar-refractivity contribution in [2.24, 2.45) is 0 Å². The third-order valence-corrected chi connectivity index (χ3v) is 7.52. The van der Waals surface area contributed by atoms with E-state index in [0.29, 0.717) is 49.7 Å². The van der Waals surface area contributed by atoms with Crippen LogP contribution in [-0.4, -0.2) is 54.7 Å². The number of hydrogen-bond acceptors (Lipinski definition) is 5. The van der Waals surface area contributed by atoms with Gasteiger partial charge >= 0.3 is 0 Å². The molecule has 3 heterocycles. The van der Waals surface area contributed by atoms with E-state index >= 15 is 0 Å². The summed E-state index contributed by atoms with van der Waals surface area (Å²) in [7, 11) is -3.44. The molecule has 134 valence electrons. The zero-order valence-corrected chi connectivity index (χ0v) is 15.5. The molecule has 1 amide bonds. The molecule has 0 N–H and O–H groups in total. The van der Waals surface area contributed by atoms with Crippen molar-refractivity contribution in [2.75, 3.05) is 26.2 Å². The van der Waals surface area contributed by atoms with Crippen molar-refractivity contribution >= 4 is 27.3 Å². The fraction of sp³-hybridized carbons (Fsp3) is 0.412. The zero-order valence-electron chi connectivity index (χ0n) is 13.9. The fourth-order valence-corrected chi connectivity index (χ4v) is 5.49.